The van der Waals surface area contributed by atoms with Gasteiger partial charge in [0.1, 0.15) is 6.61 Å². The summed E-state index contributed by atoms with van der Waals surface area (Å²) in [6.45, 7) is 12.2. The monoisotopic (exact) mass is 358 g/mol. The molecule has 0 heterocycles. The largest absolute Gasteiger partial charge is 0.481 e. The summed E-state index contributed by atoms with van der Waals surface area (Å²) < 4.78 is 10.1. The fraction of sp³-hybridized carbons (Fsp3) is 0.900. The maximum Gasteiger partial charge on any atom is 0.311 e. The molecule has 0 amide bonds. The standard InChI is InChI=1S/C20H38O5/c1-8-10-11-19(5,9-2)15-20(6,16(21)22)14-18(3,4)17(23)25-13-12-24-7/h8-15H2,1-7H3,(H,21,22). The molecule has 0 rings (SSSR count). The molecule has 0 aliphatic carbocycles. The number of carbonyl (C=O) groups is 2. The minimum Gasteiger partial charge on any atom is -0.481 e. The molecule has 0 bridgehead atoms. The van der Waals surface area contributed by atoms with Crippen molar-refractivity contribution in [2.75, 3.05) is 20.3 Å². The van der Waals surface area contributed by atoms with Crippen molar-refractivity contribution in [2.24, 2.45) is 16.2 Å². The molecule has 0 aliphatic heterocycles. The zero-order valence-corrected chi connectivity index (χ0v) is 17.2. The molecule has 0 spiro atoms. The number of methoxy groups -OCH3 is 1. The number of aliphatic carboxylic acids is 1. The average Bonchev–Trinajstić information content (AvgIpc) is 2.52. The average molecular weight is 359 g/mol. The van der Waals surface area contributed by atoms with Crippen molar-refractivity contribution in [1.29, 1.82) is 0 Å². The molecule has 25 heavy (non-hydrogen) atoms. The first-order valence-electron chi connectivity index (χ1n) is 9.36. The summed E-state index contributed by atoms with van der Waals surface area (Å²) in [5, 5.41) is 9.90. The van der Waals surface area contributed by atoms with Gasteiger partial charge < -0.3 is 14.6 Å². The minimum absolute atomic E-state index is 0.0425. The normalized spacial score (nSPS) is 16.8. The van der Waals surface area contributed by atoms with E-state index < -0.39 is 16.8 Å². The summed E-state index contributed by atoms with van der Waals surface area (Å²) >= 11 is 0. The third-order valence-corrected chi connectivity index (χ3v) is 5.23. The Morgan fingerprint density at radius 2 is 1.60 bits per heavy atom. The highest BCUT2D eigenvalue weighted by molar-refractivity contribution is 5.79. The lowest BCUT2D eigenvalue weighted by Crippen LogP contribution is -2.41. The summed E-state index contributed by atoms with van der Waals surface area (Å²) in [6, 6.07) is 0. The van der Waals surface area contributed by atoms with E-state index in [4.69, 9.17) is 9.47 Å². The highest BCUT2D eigenvalue weighted by Crippen LogP contribution is 2.46. The highest BCUT2D eigenvalue weighted by atomic mass is 16.6. The first-order chi connectivity index (χ1) is 11.5. The summed E-state index contributed by atoms with van der Waals surface area (Å²) in [5.41, 5.74) is -1.87. The third kappa shape index (κ3) is 7.76. The van der Waals surface area contributed by atoms with E-state index in [0.717, 1.165) is 25.7 Å². The van der Waals surface area contributed by atoms with Crippen LogP contribution in [0.25, 0.3) is 0 Å². The predicted molar refractivity (Wildman–Crippen MR) is 99.5 cm³/mol. The van der Waals surface area contributed by atoms with Gasteiger partial charge in [0, 0.05) is 7.11 Å². The first-order valence-corrected chi connectivity index (χ1v) is 9.36. The Morgan fingerprint density at radius 1 is 1.00 bits per heavy atom. The van der Waals surface area contributed by atoms with Gasteiger partial charge in [-0.3, -0.25) is 9.59 Å². The van der Waals surface area contributed by atoms with Gasteiger partial charge in [-0.05, 0) is 45.4 Å². The zero-order valence-electron chi connectivity index (χ0n) is 17.2. The van der Waals surface area contributed by atoms with Crippen LogP contribution in [-0.2, 0) is 19.1 Å². The number of unbranched alkanes of at least 4 members (excludes halogenated alkanes) is 1. The molecule has 2 atom stereocenters. The maximum absolute atomic E-state index is 12.4. The van der Waals surface area contributed by atoms with Crippen LogP contribution >= 0.6 is 0 Å². The van der Waals surface area contributed by atoms with Crippen molar-refractivity contribution in [2.45, 2.75) is 80.1 Å². The van der Waals surface area contributed by atoms with E-state index in [9.17, 15) is 14.7 Å². The molecular formula is C20H38O5. The fourth-order valence-corrected chi connectivity index (χ4v) is 3.61. The van der Waals surface area contributed by atoms with Crippen LogP contribution < -0.4 is 0 Å². The number of hydrogen-bond donors (Lipinski definition) is 1. The first kappa shape index (κ1) is 23.9. The van der Waals surface area contributed by atoms with Crippen LogP contribution in [-0.4, -0.2) is 37.4 Å². The molecule has 1 N–H and O–H groups in total. The molecule has 5 nitrogen and oxygen atoms in total. The minimum atomic E-state index is -0.970. The number of esters is 1. The van der Waals surface area contributed by atoms with Crippen molar-refractivity contribution in [3.05, 3.63) is 0 Å². The van der Waals surface area contributed by atoms with Crippen molar-refractivity contribution >= 4 is 11.9 Å². The van der Waals surface area contributed by atoms with Crippen molar-refractivity contribution in [3.8, 4) is 0 Å². The number of hydrogen-bond acceptors (Lipinski definition) is 4. The smallest absolute Gasteiger partial charge is 0.311 e. The summed E-state index contributed by atoms with van der Waals surface area (Å²) in [4.78, 5) is 24.5. The number of ether oxygens (including phenoxy) is 2. The van der Waals surface area contributed by atoms with Gasteiger partial charge in [0.2, 0.25) is 0 Å². The second kappa shape index (κ2) is 10.1. The maximum atomic E-state index is 12.4. The Morgan fingerprint density at radius 3 is 2.04 bits per heavy atom. The zero-order chi connectivity index (χ0) is 19.7. The molecule has 0 fully saturated rings. The van der Waals surface area contributed by atoms with Crippen LogP contribution in [0.3, 0.4) is 0 Å². The Kier molecular flexibility index (Phi) is 9.70. The van der Waals surface area contributed by atoms with Crippen molar-refractivity contribution in [1.82, 2.24) is 0 Å². The molecular weight excluding hydrogens is 320 g/mol. The van der Waals surface area contributed by atoms with E-state index in [-0.39, 0.29) is 24.4 Å². The molecule has 0 saturated carbocycles. The topological polar surface area (TPSA) is 72.8 Å². The number of rotatable bonds is 13. The van der Waals surface area contributed by atoms with Crippen molar-refractivity contribution < 1.29 is 24.2 Å². The van der Waals surface area contributed by atoms with Gasteiger partial charge in [0.05, 0.1) is 17.4 Å². The third-order valence-electron chi connectivity index (χ3n) is 5.23. The van der Waals surface area contributed by atoms with Crippen LogP contribution in [0.4, 0.5) is 0 Å². The summed E-state index contributed by atoms with van der Waals surface area (Å²) in [5.74, 6) is -1.22. The second-order valence-corrected chi connectivity index (χ2v) is 8.50. The van der Waals surface area contributed by atoms with Gasteiger partial charge in [-0.15, -0.1) is 0 Å². The van der Waals surface area contributed by atoms with Gasteiger partial charge >= 0.3 is 11.9 Å². The Hall–Kier alpha value is -1.10. The Bertz CT molecular complexity index is 432. The number of carboxylic acid groups (broad SMARTS) is 1. The fourth-order valence-electron chi connectivity index (χ4n) is 3.61. The van der Waals surface area contributed by atoms with E-state index in [1.165, 1.54) is 0 Å². The summed E-state index contributed by atoms with van der Waals surface area (Å²) in [7, 11) is 1.54. The lowest BCUT2D eigenvalue weighted by Gasteiger charge is -2.40. The van der Waals surface area contributed by atoms with Crippen LogP contribution in [0, 0.1) is 16.2 Å². The predicted octanol–water partition coefficient (Wildman–Crippen LogP) is 4.68. The van der Waals surface area contributed by atoms with Gasteiger partial charge in [-0.2, -0.15) is 0 Å². The van der Waals surface area contributed by atoms with Crippen molar-refractivity contribution in [3.63, 3.8) is 0 Å². The molecule has 0 aliphatic rings. The van der Waals surface area contributed by atoms with E-state index in [1.807, 2.05) is 0 Å². The molecule has 0 aromatic heterocycles. The van der Waals surface area contributed by atoms with E-state index >= 15 is 0 Å². The summed E-state index contributed by atoms with van der Waals surface area (Å²) in [6.07, 6.45) is 4.92. The molecule has 2 unspecified atom stereocenters. The van der Waals surface area contributed by atoms with Crippen LogP contribution in [0.1, 0.15) is 80.1 Å². The molecule has 148 valence electrons. The van der Waals surface area contributed by atoms with Gasteiger partial charge in [-0.25, -0.2) is 0 Å². The van der Waals surface area contributed by atoms with Crippen LogP contribution in [0.2, 0.25) is 0 Å². The number of carboxylic acids is 1. The molecule has 0 aromatic carbocycles. The Labute approximate surface area is 153 Å². The van der Waals surface area contributed by atoms with E-state index in [0.29, 0.717) is 13.0 Å². The molecule has 0 radical (unpaired) electrons. The van der Waals surface area contributed by atoms with Gasteiger partial charge in [0.25, 0.3) is 0 Å². The molecule has 0 saturated heterocycles. The second-order valence-electron chi connectivity index (χ2n) is 8.50. The van der Waals surface area contributed by atoms with E-state index in [1.54, 1.807) is 27.9 Å². The quantitative estimate of drug-likeness (QED) is 0.382. The Balaban J connectivity index is 5.23. The van der Waals surface area contributed by atoms with Crippen LogP contribution in [0.5, 0.6) is 0 Å². The molecule has 0 aromatic rings. The SMILES string of the molecule is CCCCC(C)(CC)CC(C)(CC(C)(C)C(=O)OCCOC)C(=O)O. The lowest BCUT2D eigenvalue weighted by atomic mass is 9.64. The van der Waals surface area contributed by atoms with E-state index in [2.05, 4.69) is 20.8 Å². The molecule has 5 heteroatoms. The van der Waals surface area contributed by atoms with Gasteiger partial charge in [-0.1, -0.05) is 40.0 Å². The van der Waals surface area contributed by atoms with Gasteiger partial charge in [0.15, 0.2) is 0 Å². The lowest BCUT2D eigenvalue weighted by molar-refractivity contribution is -0.162. The highest BCUT2D eigenvalue weighted by Gasteiger charge is 2.46. The van der Waals surface area contributed by atoms with Crippen LogP contribution in [0.15, 0.2) is 0 Å². The number of carbonyl (C=O) groups excluding carboxylic acids is 1.